The van der Waals surface area contributed by atoms with E-state index in [-0.39, 0.29) is 11.4 Å². The molecule has 6 heteroatoms. The van der Waals surface area contributed by atoms with E-state index in [2.05, 4.69) is 9.97 Å². The first kappa shape index (κ1) is 11.5. The Bertz CT molecular complexity index is 544. The van der Waals surface area contributed by atoms with E-state index >= 15 is 0 Å². The zero-order valence-corrected chi connectivity index (χ0v) is 9.54. The molecular weight excluding hydrogens is 239 g/mol. The molecule has 0 radical (unpaired) electrons. The van der Waals surface area contributed by atoms with E-state index in [0.717, 1.165) is 0 Å². The summed E-state index contributed by atoms with van der Waals surface area (Å²) in [7, 11) is 0. The number of benzene rings is 1. The van der Waals surface area contributed by atoms with Gasteiger partial charge in [-0.1, -0.05) is 6.07 Å². The summed E-state index contributed by atoms with van der Waals surface area (Å²) >= 11 is 1.17. The van der Waals surface area contributed by atoms with Crippen LogP contribution in [0.15, 0.2) is 46.7 Å². The maximum Gasteiger partial charge on any atom is 0.192 e. The van der Waals surface area contributed by atoms with Crippen LogP contribution in [0.3, 0.4) is 0 Å². The smallest absolute Gasteiger partial charge is 0.192 e. The van der Waals surface area contributed by atoms with Gasteiger partial charge in [-0.05, 0) is 30.0 Å². The van der Waals surface area contributed by atoms with Gasteiger partial charge in [0.15, 0.2) is 5.16 Å². The lowest BCUT2D eigenvalue weighted by Crippen LogP contribution is -2.14. The largest absolute Gasteiger partial charge is 0.384 e. The van der Waals surface area contributed by atoms with Crippen LogP contribution < -0.4 is 5.73 Å². The quantitative estimate of drug-likeness (QED) is 0.495. The lowest BCUT2D eigenvalue weighted by molar-refractivity contribution is 0.621. The average Bonchev–Trinajstić information content (AvgIpc) is 2.30. The molecule has 1 aromatic heterocycles. The van der Waals surface area contributed by atoms with Crippen LogP contribution in [0.25, 0.3) is 0 Å². The molecule has 0 amide bonds. The van der Waals surface area contributed by atoms with Crippen molar-refractivity contribution in [2.24, 2.45) is 5.73 Å². The number of nitrogens with one attached hydrogen (secondary N) is 1. The third-order valence-corrected chi connectivity index (χ3v) is 2.94. The Labute approximate surface area is 102 Å². The van der Waals surface area contributed by atoms with E-state index in [4.69, 9.17) is 11.1 Å². The third kappa shape index (κ3) is 2.59. The molecule has 0 aliphatic carbocycles. The number of hydrogen-bond donors (Lipinski definition) is 2. The Morgan fingerprint density at radius 2 is 1.94 bits per heavy atom. The second-order valence-corrected chi connectivity index (χ2v) is 4.17. The predicted molar refractivity (Wildman–Crippen MR) is 63.6 cm³/mol. The van der Waals surface area contributed by atoms with Crippen molar-refractivity contribution in [3.63, 3.8) is 0 Å². The van der Waals surface area contributed by atoms with Crippen LogP contribution >= 0.6 is 11.8 Å². The summed E-state index contributed by atoms with van der Waals surface area (Å²) in [6.45, 7) is 0. The molecule has 0 aliphatic rings. The Kier molecular flexibility index (Phi) is 3.34. The van der Waals surface area contributed by atoms with Crippen LogP contribution in [-0.4, -0.2) is 15.8 Å². The highest BCUT2D eigenvalue weighted by atomic mass is 32.2. The van der Waals surface area contributed by atoms with Crippen molar-refractivity contribution in [1.82, 2.24) is 9.97 Å². The first-order valence-corrected chi connectivity index (χ1v) is 5.58. The molecule has 0 saturated heterocycles. The fraction of sp³-hybridized carbons (Fsp3) is 0. The highest BCUT2D eigenvalue weighted by molar-refractivity contribution is 7.99. The first-order chi connectivity index (χ1) is 8.18. The van der Waals surface area contributed by atoms with Gasteiger partial charge in [-0.2, -0.15) is 0 Å². The fourth-order valence-corrected chi connectivity index (χ4v) is 2.17. The van der Waals surface area contributed by atoms with E-state index in [0.29, 0.717) is 10.1 Å². The van der Waals surface area contributed by atoms with Crippen molar-refractivity contribution < 1.29 is 4.39 Å². The molecule has 0 spiro atoms. The highest BCUT2D eigenvalue weighted by Crippen LogP contribution is 2.28. The Morgan fingerprint density at radius 3 is 2.59 bits per heavy atom. The van der Waals surface area contributed by atoms with Crippen LogP contribution in [0.4, 0.5) is 4.39 Å². The van der Waals surface area contributed by atoms with E-state index in [1.54, 1.807) is 30.6 Å². The predicted octanol–water partition coefficient (Wildman–Crippen LogP) is 2.05. The standard InChI is InChI=1S/C11H9FN4S/c12-7-3-1-4-8(9(7)10(13)14)17-11-15-5-2-6-16-11/h1-6H,(H3,13,14). The molecule has 0 fully saturated rings. The minimum Gasteiger partial charge on any atom is -0.384 e. The van der Waals surface area contributed by atoms with Crippen molar-refractivity contribution in [3.8, 4) is 0 Å². The van der Waals surface area contributed by atoms with Crippen molar-refractivity contribution in [1.29, 1.82) is 5.41 Å². The summed E-state index contributed by atoms with van der Waals surface area (Å²) < 4.78 is 13.5. The minimum atomic E-state index is -0.515. The van der Waals surface area contributed by atoms with E-state index in [9.17, 15) is 4.39 Å². The number of nitrogen functional groups attached to an aromatic ring is 1. The van der Waals surface area contributed by atoms with Gasteiger partial charge in [-0.25, -0.2) is 14.4 Å². The van der Waals surface area contributed by atoms with Gasteiger partial charge >= 0.3 is 0 Å². The van der Waals surface area contributed by atoms with Gasteiger partial charge in [-0.3, -0.25) is 5.41 Å². The second-order valence-electron chi connectivity index (χ2n) is 3.16. The number of nitrogens with zero attached hydrogens (tertiary/aromatic N) is 2. The molecule has 0 bridgehead atoms. The van der Waals surface area contributed by atoms with Gasteiger partial charge in [0.1, 0.15) is 11.7 Å². The normalized spacial score (nSPS) is 10.2. The van der Waals surface area contributed by atoms with Crippen LogP contribution in [-0.2, 0) is 0 Å². The van der Waals surface area contributed by atoms with Crippen LogP contribution in [0.1, 0.15) is 5.56 Å². The Morgan fingerprint density at radius 1 is 1.24 bits per heavy atom. The number of amidine groups is 1. The summed E-state index contributed by atoms with van der Waals surface area (Å²) in [6.07, 6.45) is 3.20. The Balaban J connectivity index is 2.40. The SMILES string of the molecule is N=C(N)c1c(F)cccc1Sc1ncccn1. The number of rotatable bonds is 3. The highest BCUT2D eigenvalue weighted by Gasteiger charge is 2.13. The first-order valence-electron chi connectivity index (χ1n) is 4.76. The monoisotopic (exact) mass is 248 g/mol. The molecule has 86 valence electrons. The number of aromatic nitrogens is 2. The number of halogens is 1. The molecule has 0 aliphatic heterocycles. The molecule has 2 rings (SSSR count). The molecule has 3 N–H and O–H groups in total. The maximum atomic E-state index is 13.5. The molecule has 0 atom stereocenters. The topological polar surface area (TPSA) is 75.7 Å². The van der Waals surface area contributed by atoms with E-state index in [1.807, 2.05) is 0 Å². The lowest BCUT2D eigenvalue weighted by Gasteiger charge is -2.07. The zero-order chi connectivity index (χ0) is 12.3. The third-order valence-electron chi connectivity index (χ3n) is 1.99. The molecule has 1 aromatic carbocycles. The zero-order valence-electron chi connectivity index (χ0n) is 8.72. The number of hydrogen-bond acceptors (Lipinski definition) is 4. The van der Waals surface area contributed by atoms with Crippen molar-refractivity contribution >= 4 is 17.6 Å². The Hall–Kier alpha value is -1.95. The van der Waals surface area contributed by atoms with Crippen LogP contribution in [0.2, 0.25) is 0 Å². The molecule has 17 heavy (non-hydrogen) atoms. The number of nitrogens with two attached hydrogens (primary N) is 1. The molecule has 2 aromatic rings. The van der Waals surface area contributed by atoms with Crippen molar-refractivity contribution in [2.75, 3.05) is 0 Å². The van der Waals surface area contributed by atoms with E-state index < -0.39 is 5.82 Å². The fourth-order valence-electron chi connectivity index (χ4n) is 1.29. The molecule has 4 nitrogen and oxygen atoms in total. The van der Waals surface area contributed by atoms with Crippen LogP contribution in [0, 0.1) is 11.2 Å². The second kappa shape index (κ2) is 4.92. The van der Waals surface area contributed by atoms with Gasteiger partial charge in [0.25, 0.3) is 0 Å². The van der Waals surface area contributed by atoms with Gasteiger partial charge < -0.3 is 5.73 Å². The summed E-state index contributed by atoms with van der Waals surface area (Å²) in [5.74, 6) is -0.819. The maximum absolute atomic E-state index is 13.5. The van der Waals surface area contributed by atoms with Crippen molar-refractivity contribution in [2.45, 2.75) is 10.1 Å². The summed E-state index contributed by atoms with van der Waals surface area (Å²) in [5.41, 5.74) is 5.45. The van der Waals surface area contributed by atoms with Gasteiger partial charge in [0, 0.05) is 17.3 Å². The molecule has 1 heterocycles. The minimum absolute atomic E-state index is 0.0879. The lowest BCUT2D eigenvalue weighted by atomic mass is 10.2. The molecule has 0 unspecified atom stereocenters. The summed E-state index contributed by atoms with van der Waals surface area (Å²) in [5, 5.41) is 7.85. The van der Waals surface area contributed by atoms with Gasteiger partial charge in [0.2, 0.25) is 0 Å². The average molecular weight is 248 g/mol. The summed E-state index contributed by atoms with van der Waals surface area (Å²) in [6, 6.07) is 6.21. The molecule has 0 saturated carbocycles. The molecular formula is C11H9FN4S. The summed E-state index contributed by atoms with van der Waals surface area (Å²) in [4.78, 5) is 8.58. The van der Waals surface area contributed by atoms with Gasteiger partial charge in [-0.15, -0.1) is 0 Å². The van der Waals surface area contributed by atoms with Crippen molar-refractivity contribution in [3.05, 3.63) is 48.0 Å². The van der Waals surface area contributed by atoms with Crippen LogP contribution in [0.5, 0.6) is 0 Å². The van der Waals surface area contributed by atoms with E-state index in [1.165, 1.54) is 17.8 Å². The van der Waals surface area contributed by atoms with Gasteiger partial charge in [0.05, 0.1) is 5.56 Å².